The second kappa shape index (κ2) is 28.8. The smallest absolute Gasteiger partial charge is 0.423 e. The summed E-state index contributed by atoms with van der Waals surface area (Å²) in [7, 11) is -1.50. The molecule has 0 aliphatic heterocycles. The Morgan fingerprint density at radius 3 is 0.810 bits per heavy atom. The molecule has 2 N–H and O–H groups in total. The highest BCUT2D eigenvalue weighted by molar-refractivity contribution is 6.58. The molecule has 7 aromatic carbocycles. The zero-order chi connectivity index (χ0) is 58.5. The van der Waals surface area contributed by atoms with E-state index in [0.29, 0.717) is 5.46 Å². The largest absolute Gasteiger partial charge is 0.488 e. The lowest BCUT2D eigenvalue weighted by Gasteiger charge is -2.33. The first kappa shape index (κ1) is 61.6. The third-order valence-electron chi connectivity index (χ3n) is 20.9. The third-order valence-corrected chi connectivity index (χ3v) is 20.9. The number of hydrogen-bond acceptors (Lipinski definition) is 2. The van der Waals surface area contributed by atoms with Crippen LogP contribution in [0.25, 0.3) is 66.8 Å². The van der Waals surface area contributed by atoms with Crippen molar-refractivity contribution in [2.45, 2.75) is 250 Å². The van der Waals surface area contributed by atoms with Gasteiger partial charge in [-0.3, -0.25) is 0 Å². The van der Waals surface area contributed by atoms with Crippen molar-refractivity contribution in [2.24, 2.45) is 0 Å². The normalized spacial score (nSPS) is 14.5. The maximum Gasteiger partial charge on any atom is 0.488 e. The van der Waals surface area contributed by atoms with Gasteiger partial charge in [-0.05, 0) is 181 Å². The Morgan fingerprint density at radius 2 is 0.512 bits per heavy atom. The van der Waals surface area contributed by atoms with Crippen molar-refractivity contribution < 1.29 is 10.0 Å². The minimum Gasteiger partial charge on any atom is -0.423 e. The first-order chi connectivity index (χ1) is 41.2. The van der Waals surface area contributed by atoms with Crippen LogP contribution < -0.4 is 5.46 Å². The van der Waals surface area contributed by atoms with Gasteiger partial charge in [0.1, 0.15) is 0 Å². The molecule has 7 aromatic rings. The average molecular weight is 1120 g/mol. The number of unbranched alkanes of at least 4 members (excludes halogenated alkanes) is 18. The van der Waals surface area contributed by atoms with Gasteiger partial charge in [-0.15, -0.1) is 0 Å². The van der Waals surface area contributed by atoms with Crippen molar-refractivity contribution in [2.75, 3.05) is 0 Å². The lowest BCUT2D eigenvalue weighted by Crippen LogP contribution is -2.32. The zero-order valence-electron chi connectivity index (χ0n) is 53.0. The van der Waals surface area contributed by atoms with Crippen molar-refractivity contribution in [1.82, 2.24) is 0 Å². The van der Waals surface area contributed by atoms with Gasteiger partial charge in [-0.1, -0.05) is 299 Å². The highest BCUT2D eigenvalue weighted by atomic mass is 16.4. The van der Waals surface area contributed by atoms with Gasteiger partial charge in [0.15, 0.2) is 0 Å². The summed E-state index contributed by atoms with van der Waals surface area (Å²) >= 11 is 0. The predicted octanol–water partition coefficient (Wildman–Crippen LogP) is 23.0. The van der Waals surface area contributed by atoms with E-state index in [1.165, 1.54) is 245 Å². The quantitative estimate of drug-likeness (QED) is 0.0312. The zero-order valence-corrected chi connectivity index (χ0v) is 53.0. The van der Waals surface area contributed by atoms with E-state index in [2.05, 4.69) is 175 Å². The molecule has 0 unspecified atom stereocenters. The monoisotopic (exact) mass is 1120 g/mol. The van der Waals surface area contributed by atoms with E-state index in [-0.39, 0.29) is 16.2 Å². The van der Waals surface area contributed by atoms with E-state index >= 15 is 0 Å². The van der Waals surface area contributed by atoms with Crippen molar-refractivity contribution in [1.29, 1.82) is 0 Å². The average Bonchev–Trinajstić information content (AvgIpc) is 3.84. The lowest BCUT2D eigenvalue weighted by molar-refractivity contribution is 0.400. The minimum atomic E-state index is -1.50. The molecule has 0 bridgehead atoms. The fourth-order valence-corrected chi connectivity index (χ4v) is 16.4. The molecule has 0 spiro atoms. The molecule has 0 atom stereocenters. The molecule has 0 saturated carbocycles. The molecule has 442 valence electrons. The molecule has 84 heavy (non-hydrogen) atoms. The molecule has 0 saturated heterocycles. The summed E-state index contributed by atoms with van der Waals surface area (Å²) in [6.07, 6.45) is 36.8. The molecule has 10 rings (SSSR count). The molecule has 3 heteroatoms. The van der Waals surface area contributed by atoms with E-state index in [1.807, 2.05) is 6.07 Å². The Kier molecular flexibility index (Phi) is 21.1. The predicted molar refractivity (Wildman–Crippen MR) is 364 cm³/mol. The minimum absolute atomic E-state index is 0.00501. The van der Waals surface area contributed by atoms with Crippen LogP contribution in [-0.2, 0) is 16.2 Å². The summed E-state index contributed by atoms with van der Waals surface area (Å²) in [6, 6.07) is 55.6. The van der Waals surface area contributed by atoms with E-state index in [9.17, 15) is 10.0 Å². The van der Waals surface area contributed by atoms with Gasteiger partial charge in [-0.25, -0.2) is 0 Å². The SMILES string of the molecule is CCCCCCC1(CCCCCC)c2ccccc2-c2ccc(-c3cc(-c4ccc5c(c4)C(CCCCCC)(CCCCCC)c4ccccc4-5)cc(-c4ccc5c(c4)C(CCCCCC)(CCCCCC)c4cc(B(O)O)ccc4-5)c3)cc21. The van der Waals surface area contributed by atoms with Crippen LogP contribution in [0.1, 0.15) is 268 Å². The van der Waals surface area contributed by atoms with E-state index < -0.39 is 7.12 Å². The Hall–Kier alpha value is -5.48. The number of fused-ring (bicyclic) bond motifs is 9. The van der Waals surface area contributed by atoms with Crippen LogP contribution in [0.5, 0.6) is 0 Å². The van der Waals surface area contributed by atoms with E-state index in [0.717, 1.165) is 25.7 Å². The Balaban J connectivity index is 1.17. The Bertz CT molecular complexity index is 3100. The maximum absolute atomic E-state index is 10.7. The molecule has 0 heterocycles. The molecule has 0 aromatic heterocycles. The van der Waals surface area contributed by atoms with E-state index in [4.69, 9.17) is 0 Å². The molecule has 3 aliphatic rings. The van der Waals surface area contributed by atoms with E-state index in [1.54, 1.807) is 22.3 Å². The number of benzene rings is 7. The fraction of sp³-hybridized carbons (Fsp3) is 0.481. The summed E-state index contributed by atoms with van der Waals surface area (Å²) in [5.74, 6) is 0. The summed E-state index contributed by atoms with van der Waals surface area (Å²) in [5, 5.41) is 21.4. The third kappa shape index (κ3) is 12.5. The molecular formula is C81H103BO2. The van der Waals surface area contributed by atoms with Gasteiger partial charge in [0.05, 0.1) is 0 Å². The van der Waals surface area contributed by atoms with Crippen LogP contribution in [0.4, 0.5) is 0 Å². The van der Waals surface area contributed by atoms with Crippen molar-refractivity contribution in [3.8, 4) is 66.8 Å². The van der Waals surface area contributed by atoms with Crippen molar-refractivity contribution in [3.63, 3.8) is 0 Å². The molecule has 2 nitrogen and oxygen atoms in total. The van der Waals surface area contributed by atoms with Gasteiger partial charge < -0.3 is 10.0 Å². The second-order valence-electron chi connectivity index (χ2n) is 26.5. The summed E-state index contributed by atoms with van der Waals surface area (Å²) in [4.78, 5) is 0. The number of hydrogen-bond donors (Lipinski definition) is 2. The summed E-state index contributed by atoms with van der Waals surface area (Å²) in [5.41, 5.74) is 25.4. The molecule has 3 aliphatic carbocycles. The molecule has 0 amide bonds. The molecular weight excluding hydrogens is 1020 g/mol. The Morgan fingerprint density at radius 1 is 0.250 bits per heavy atom. The van der Waals surface area contributed by atoms with Crippen LogP contribution in [0.3, 0.4) is 0 Å². The second-order valence-corrected chi connectivity index (χ2v) is 26.5. The highest BCUT2D eigenvalue weighted by Crippen LogP contribution is 2.59. The number of rotatable bonds is 34. The molecule has 0 fully saturated rings. The molecule has 0 radical (unpaired) electrons. The Labute approximate surface area is 509 Å². The summed E-state index contributed by atoms with van der Waals surface area (Å²) in [6.45, 7) is 14.0. The van der Waals surface area contributed by atoms with Gasteiger partial charge in [0, 0.05) is 16.2 Å². The van der Waals surface area contributed by atoms with Crippen LogP contribution in [0.2, 0.25) is 0 Å². The summed E-state index contributed by atoms with van der Waals surface area (Å²) < 4.78 is 0. The van der Waals surface area contributed by atoms with Gasteiger partial charge in [-0.2, -0.15) is 0 Å². The maximum atomic E-state index is 10.7. The van der Waals surface area contributed by atoms with Crippen LogP contribution in [-0.4, -0.2) is 17.2 Å². The topological polar surface area (TPSA) is 40.5 Å². The standard InChI is InChI=1S/C81H103BO2/c1-7-13-19-29-47-79(48-30-20-14-8-2)73-37-27-25-35-67(73)69-43-39-60(56-75(69)79)63-53-64(61-40-44-70-68-36-26-28-38-74(68)80(76(70)57-61,49-31-21-15-9-3)50-32-22-16-10-4)55-65(54-63)62-41-45-71-72-46-42-66(82(83)84)59-78(72)81(77(71)58-62,51-33-23-17-11-5)52-34-24-18-12-6/h25-28,35-46,53-59,83-84H,7-24,29-34,47-52H2,1-6H3. The van der Waals surface area contributed by atoms with Gasteiger partial charge in [0.2, 0.25) is 0 Å². The highest BCUT2D eigenvalue weighted by Gasteiger charge is 2.45. The van der Waals surface area contributed by atoms with Crippen molar-refractivity contribution >= 4 is 12.6 Å². The first-order valence-electron chi connectivity index (χ1n) is 34.5. The van der Waals surface area contributed by atoms with Crippen molar-refractivity contribution in [3.05, 3.63) is 173 Å². The lowest BCUT2D eigenvalue weighted by atomic mass is 9.68. The van der Waals surface area contributed by atoms with Gasteiger partial charge >= 0.3 is 7.12 Å². The van der Waals surface area contributed by atoms with Crippen LogP contribution >= 0.6 is 0 Å². The van der Waals surface area contributed by atoms with Crippen LogP contribution in [0.15, 0.2) is 140 Å². The fourth-order valence-electron chi connectivity index (χ4n) is 16.4. The van der Waals surface area contributed by atoms with Gasteiger partial charge in [0.25, 0.3) is 0 Å². The first-order valence-corrected chi connectivity index (χ1v) is 34.5. The van der Waals surface area contributed by atoms with Crippen LogP contribution in [0, 0.1) is 0 Å².